The van der Waals surface area contributed by atoms with E-state index < -0.39 is 0 Å². The van der Waals surface area contributed by atoms with Gasteiger partial charge in [0.1, 0.15) is 5.75 Å². The van der Waals surface area contributed by atoms with E-state index in [0.29, 0.717) is 5.92 Å². The maximum atomic E-state index is 6.04. The van der Waals surface area contributed by atoms with Gasteiger partial charge in [0.25, 0.3) is 0 Å². The van der Waals surface area contributed by atoms with Gasteiger partial charge in [-0.1, -0.05) is 36.7 Å². The molecule has 0 aromatic heterocycles. The summed E-state index contributed by atoms with van der Waals surface area (Å²) in [5, 5.41) is 0. The fourth-order valence-corrected chi connectivity index (χ4v) is 2.85. The largest absolute Gasteiger partial charge is 0.493 e. The number of hydrogen-bond acceptors (Lipinski definition) is 1. The second kappa shape index (κ2) is 6.10. The molecule has 1 fully saturated rings. The van der Waals surface area contributed by atoms with Crippen molar-refractivity contribution in [2.24, 2.45) is 11.8 Å². The van der Waals surface area contributed by atoms with Gasteiger partial charge in [-0.25, -0.2) is 0 Å². The summed E-state index contributed by atoms with van der Waals surface area (Å²) in [5.41, 5.74) is 1.39. The Kier molecular flexibility index (Phi) is 4.71. The zero-order valence-corrected chi connectivity index (χ0v) is 13.2. The van der Waals surface area contributed by atoms with E-state index in [0.717, 1.165) is 28.7 Å². The van der Waals surface area contributed by atoms with Gasteiger partial charge in [0.05, 0.1) is 6.61 Å². The van der Waals surface area contributed by atoms with Crippen LogP contribution in [0.5, 0.6) is 5.75 Å². The predicted octanol–water partition coefficient (Wildman–Crippen LogP) is 5.39. The number of benzene rings is 1. The second-order valence-electron chi connectivity index (χ2n) is 6.00. The molecule has 18 heavy (non-hydrogen) atoms. The Hall–Kier alpha value is -0.500. The molecule has 2 heteroatoms. The zero-order chi connectivity index (χ0) is 13.1. The van der Waals surface area contributed by atoms with Crippen molar-refractivity contribution >= 4 is 15.9 Å². The summed E-state index contributed by atoms with van der Waals surface area (Å²) in [4.78, 5) is 0. The highest BCUT2D eigenvalue weighted by Crippen LogP contribution is 2.45. The molecule has 100 valence electrons. The van der Waals surface area contributed by atoms with E-state index in [4.69, 9.17) is 4.74 Å². The monoisotopic (exact) mass is 310 g/mol. The molecular formula is C16H23BrO. The van der Waals surface area contributed by atoms with Gasteiger partial charge in [0.2, 0.25) is 0 Å². The molecule has 0 aliphatic heterocycles. The van der Waals surface area contributed by atoms with E-state index in [1.54, 1.807) is 0 Å². The molecule has 1 aliphatic carbocycles. The summed E-state index contributed by atoms with van der Waals surface area (Å²) >= 11 is 3.55. The average Bonchev–Trinajstić information content (AvgIpc) is 3.10. The minimum absolute atomic E-state index is 0.626. The lowest BCUT2D eigenvalue weighted by molar-refractivity contribution is 0.237. The van der Waals surface area contributed by atoms with Crippen molar-refractivity contribution in [2.45, 2.75) is 46.0 Å². The third-order valence-corrected chi connectivity index (χ3v) is 3.88. The van der Waals surface area contributed by atoms with Crippen LogP contribution in [0, 0.1) is 11.8 Å². The second-order valence-corrected chi connectivity index (χ2v) is 6.92. The van der Waals surface area contributed by atoms with Crippen molar-refractivity contribution < 1.29 is 4.74 Å². The van der Waals surface area contributed by atoms with E-state index in [-0.39, 0.29) is 0 Å². The van der Waals surface area contributed by atoms with Crippen LogP contribution in [0.15, 0.2) is 22.7 Å². The molecule has 0 unspecified atom stereocenters. The molecule has 0 heterocycles. The summed E-state index contributed by atoms with van der Waals surface area (Å²) in [5.74, 6) is 3.20. The molecule has 1 atom stereocenters. The van der Waals surface area contributed by atoms with Crippen LogP contribution in [-0.4, -0.2) is 6.61 Å². The summed E-state index contributed by atoms with van der Waals surface area (Å²) < 4.78 is 7.19. The Balaban J connectivity index is 1.96. The molecule has 0 saturated heterocycles. The normalized spacial score (nSPS) is 16.9. The van der Waals surface area contributed by atoms with E-state index in [1.807, 2.05) is 0 Å². The predicted molar refractivity (Wildman–Crippen MR) is 80.2 cm³/mol. The molecule has 1 aromatic carbocycles. The average molecular weight is 311 g/mol. The van der Waals surface area contributed by atoms with Gasteiger partial charge in [0.15, 0.2) is 0 Å². The van der Waals surface area contributed by atoms with Gasteiger partial charge in [-0.2, -0.15) is 0 Å². The van der Waals surface area contributed by atoms with Gasteiger partial charge in [0, 0.05) is 4.47 Å². The highest BCUT2D eigenvalue weighted by molar-refractivity contribution is 9.10. The number of ether oxygens (including phenoxy) is 1. The summed E-state index contributed by atoms with van der Waals surface area (Å²) in [7, 11) is 0. The number of rotatable bonds is 6. The van der Waals surface area contributed by atoms with E-state index in [1.165, 1.54) is 24.8 Å². The molecule has 0 bridgehead atoms. The lowest BCUT2D eigenvalue weighted by atomic mass is 10.00. The zero-order valence-electron chi connectivity index (χ0n) is 11.6. The molecule has 1 aromatic rings. The third kappa shape index (κ3) is 4.01. The Morgan fingerprint density at radius 2 is 2.00 bits per heavy atom. The first-order valence-electron chi connectivity index (χ1n) is 6.98. The summed E-state index contributed by atoms with van der Waals surface area (Å²) in [6, 6.07) is 6.41. The van der Waals surface area contributed by atoms with Crippen LogP contribution >= 0.6 is 15.9 Å². The first kappa shape index (κ1) is 13.9. The minimum Gasteiger partial charge on any atom is -0.493 e. The fraction of sp³-hybridized carbons (Fsp3) is 0.625. The fourth-order valence-electron chi connectivity index (χ4n) is 2.47. The van der Waals surface area contributed by atoms with Crippen molar-refractivity contribution in [2.75, 3.05) is 6.61 Å². The Labute approximate surface area is 119 Å². The van der Waals surface area contributed by atoms with Crippen molar-refractivity contribution in [1.82, 2.24) is 0 Å². The van der Waals surface area contributed by atoms with E-state index >= 15 is 0 Å². The smallest absolute Gasteiger partial charge is 0.122 e. The molecule has 0 spiro atoms. The highest BCUT2D eigenvalue weighted by Gasteiger charge is 2.27. The Morgan fingerprint density at radius 1 is 1.28 bits per heavy atom. The summed E-state index contributed by atoms with van der Waals surface area (Å²) in [6.45, 7) is 7.65. The topological polar surface area (TPSA) is 9.23 Å². The Morgan fingerprint density at radius 3 is 2.61 bits per heavy atom. The lowest BCUT2D eigenvalue weighted by Crippen LogP contribution is -2.11. The van der Waals surface area contributed by atoms with Gasteiger partial charge in [-0.15, -0.1) is 0 Å². The molecule has 1 aliphatic rings. The van der Waals surface area contributed by atoms with E-state index in [9.17, 15) is 0 Å². The standard InChI is InChI=1S/C16H23BrO/c1-11(2)8-12(3)10-18-16-7-6-14(17)9-15(16)13-4-5-13/h6-7,9,11-13H,4-5,8,10H2,1-3H3/t12-/m1/s1. The van der Waals surface area contributed by atoms with Crippen molar-refractivity contribution in [3.63, 3.8) is 0 Å². The molecule has 2 rings (SSSR count). The van der Waals surface area contributed by atoms with Crippen LogP contribution in [-0.2, 0) is 0 Å². The van der Waals surface area contributed by atoms with Crippen LogP contribution in [0.25, 0.3) is 0 Å². The van der Waals surface area contributed by atoms with Gasteiger partial charge < -0.3 is 4.74 Å². The quantitative estimate of drug-likeness (QED) is 0.684. The van der Waals surface area contributed by atoms with Crippen LogP contribution in [0.2, 0.25) is 0 Å². The third-order valence-electron chi connectivity index (χ3n) is 3.39. The van der Waals surface area contributed by atoms with Crippen molar-refractivity contribution in [3.05, 3.63) is 28.2 Å². The molecular weight excluding hydrogens is 288 g/mol. The first-order valence-corrected chi connectivity index (χ1v) is 7.77. The van der Waals surface area contributed by atoms with Crippen LogP contribution in [0.1, 0.15) is 51.5 Å². The highest BCUT2D eigenvalue weighted by atomic mass is 79.9. The van der Waals surface area contributed by atoms with Crippen LogP contribution in [0.3, 0.4) is 0 Å². The summed E-state index contributed by atoms with van der Waals surface area (Å²) in [6.07, 6.45) is 3.86. The van der Waals surface area contributed by atoms with E-state index in [2.05, 4.69) is 54.9 Å². The maximum Gasteiger partial charge on any atom is 0.122 e. The molecule has 0 N–H and O–H groups in total. The maximum absolute atomic E-state index is 6.04. The number of halogens is 1. The molecule has 1 nitrogen and oxygen atoms in total. The van der Waals surface area contributed by atoms with Crippen molar-refractivity contribution in [1.29, 1.82) is 0 Å². The first-order chi connectivity index (χ1) is 8.56. The SMILES string of the molecule is CC(C)C[C@@H](C)COc1ccc(Br)cc1C1CC1. The van der Waals surface area contributed by atoms with Crippen LogP contribution < -0.4 is 4.74 Å². The van der Waals surface area contributed by atoms with Gasteiger partial charge >= 0.3 is 0 Å². The minimum atomic E-state index is 0.626. The lowest BCUT2D eigenvalue weighted by Gasteiger charge is -2.17. The van der Waals surface area contributed by atoms with Crippen LogP contribution in [0.4, 0.5) is 0 Å². The number of hydrogen-bond donors (Lipinski definition) is 0. The molecule has 0 radical (unpaired) electrons. The molecule has 0 amide bonds. The Bertz CT molecular complexity index is 396. The van der Waals surface area contributed by atoms with Gasteiger partial charge in [-0.3, -0.25) is 0 Å². The van der Waals surface area contributed by atoms with Crippen molar-refractivity contribution in [3.8, 4) is 5.75 Å². The van der Waals surface area contributed by atoms with Gasteiger partial charge in [-0.05, 0) is 60.8 Å². The molecule has 1 saturated carbocycles.